The fraction of sp³-hybridized carbons (Fsp3) is 0.154. The summed E-state index contributed by atoms with van der Waals surface area (Å²) in [7, 11) is 0. The minimum Gasteiger partial charge on any atom is -0.354 e. The Morgan fingerprint density at radius 1 is 0.379 bits per heavy atom. The van der Waals surface area contributed by atoms with Crippen molar-refractivity contribution in [1.82, 2.24) is 19.9 Å². The second kappa shape index (κ2) is 15.0. The maximum Gasteiger partial charge on any atom is 0.0737 e. The number of nitrogens with zero attached hydrogens (tertiary/aromatic N) is 2. The molecule has 0 amide bonds. The minimum absolute atomic E-state index is 0.0383. The molecule has 5 heterocycles. The highest BCUT2D eigenvalue weighted by Crippen LogP contribution is 2.39. The molecule has 3 aromatic heterocycles. The van der Waals surface area contributed by atoms with E-state index in [9.17, 15) is 0 Å². The Balaban J connectivity index is 1.44. The molecule has 0 saturated carbocycles. The van der Waals surface area contributed by atoms with Crippen LogP contribution in [0, 0.1) is 7.14 Å². The fourth-order valence-electron chi connectivity index (χ4n) is 7.98. The first-order valence-electron chi connectivity index (χ1n) is 19.7. The molecule has 2 N–H and O–H groups in total. The third-order valence-electron chi connectivity index (χ3n) is 11.1. The lowest BCUT2D eigenvalue weighted by Crippen LogP contribution is -2.10. The van der Waals surface area contributed by atoms with Crippen LogP contribution in [0.5, 0.6) is 0 Å². The van der Waals surface area contributed by atoms with E-state index in [1.807, 2.05) is 0 Å². The quantitative estimate of drug-likeness (QED) is 0.173. The fourth-order valence-corrected chi connectivity index (χ4v) is 9.07. The summed E-state index contributed by atoms with van der Waals surface area (Å²) in [4.78, 5) is 18.8. The average Bonchev–Trinajstić information content (AvgIpc) is 4.03. The van der Waals surface area contributed by atoms with Gasteiger partial charge in [-0.1, -0.05) is 114 Å². The first-order chi connectivity index (χ1) is 27.8. The van der Waals surface area contributed by atoms with Crippen molar-refractivity contribution in [3.63, 3.8) is 0 Å². The highest BCUT2D eigenvalue weighted by atomic mass is 127. The maximum absolute atomic E-state index is 5.49. The van der Waals surface area contributed by atoms with Crippen molar-refractivity contribution in [1.29, 1.82) is 0 Å². The van der Waals surface area contributed by atoms with Gasteiger partial charge in [-0.2, -0.15) is 0 Å². The van der Waals surface area contributed by atoms with Gasteiger partial charge in [0.2, 0.25) is 0 Å². The summed E-state index contributed by atoms with van der Waals surface area (Å²) in [6.45, 7) is 13.5. The average molecular weight is 979 g/mol. The Kier molecular flexibility index (Phi) is 9.91. The normalized spacial score (nSPS) is 12.7. The second-order valence-corrected chi connectivity index (χ2v) is 19.7. The van der Waals surface area contributed by atoms with Crippen LogP contribution in [0.2, 0.25) is 0 Å². The van der Waals surface area contributed by atoms with E-state index in [4.69, 9.17) is 9.97 Å². The topological polar surface area (TPSA) is 57.4 Å². The molecule has 0 fully saturated rings. The van der Waals surface area contributed by atoms with Gasteiger partial charge in [0.25, 0.3) is 0 Å². The van der Waals surface area contributed by atoms with Crippen molar-refractivity contribution in [3.8, 4) is 44.5 Å². The van der Waals surface area contributed by atoms with Gasteiger partial charge in [0.05, 0.1) is 22.8 Å². The molecule has 8 bridgehead atoms. The molecule has 9 rings (SSSR count). The minimum atomic E-state index is 0.0383. The van der Waals surface area contributed by atoms with E-state index in [0.717, 1.165) is 89.4 Å². The molecule has 2 aliphatic heterocycles. The van der Waals surface area contributed by atoms with Crippen molar-refractivity contribution in [2.24, 2.45) is 0 Å². The third kappa shape index (κ3) is 7.41. The molecule has 58 heavy (non-hydrogen) atoms. The van der Waals surface area contributed by atoms with Crippen LogP contribution in [-0.2, 0) is 10.8 Å². The van der Waals surface area contributed by atoms with Gasteiger partial charge < -0.3 is 9.97 Å². The van der Waals surface area contributed by atoms with Crippen LogP contribution >= 0.6 is 45.2 Å². The Morgan fingerprint density at radius 2 is 0.690 bits per heavy atom. The van der Waals surface area contributed by atoms with E-state index in [-0.39, 0.29) is 10.8 Å². The molecule has 0 aliphatic carbocycles. The number of hydrogen-bond acceptors (Lipinski definition) is 2. The third-order valence-corrected chi connectivity index (χ3v) is 12.4. The Bertz CT molecular complexity index is 2760. The number of fused-ring (bicyclic) bond motifs is 8. The number of rotatable bonds is 4. The second-order valence-electron chi connectivity index (χ2n) is 17.2. The number of aromatic nitrogens is 4. The van der Waals surface area contributed by atoms with Crippen LogP contribution in [0.15, 0.2) is 121 Å². The molecule has 0 atom stereocenters. The molecule has 2 aliphatic rings. The summed E-state index contributed by atoms with van der Waals surface area (Å²) in [5.74, 6) is 0. The zero-order valence-corrected chi connectivity index (χ0v) is 37.8. The highest BCUT2D eigenvalue weighted by molar-refractivity contribution is 14.1. The monoisotopic (exact) mass is 978 g/mol. The zero-order valence-electron chi connectivity index (χ0n) is 33.5. The largest absolute Gasteiger partial charge is 0.354 e. The Hall–Kier alpha value is -5.06. The van der Waals surface area contributed by atoms with Gasteiger partial charge >= 0.3 is 0 Å². The number of H-pyrrole nitrogens is 2. The summed E-state index contributed by atoms with van der Waals surface area (Å²) in [6.07, 6.45) is 8.67. The molecule has 0 saturated heterocycles. The molecule has 6 heteroatoms. The van der Waals surface area contributed by atoms with Gasteiger partial charge in [-0.05, 0) is 162 Å². The smallest absolute Gasteiger partial charge is 0.0737 e. The number of hydrogen-bond donors (Lipinski definition) is 2. The van der Waals surface area contributed by atoms with Crippen molar-refractivity contribution in [2.75, 3.05) is 0 Å². The summed E-state index contributed by atoms with van der Waals surface area (Å²) in [6, 6.07) is 44.1. The predicted octanol–water partition coefficient (Wildman–Crippen LogP) is 15.1. The summed E-state index contributed by atoms with van der Waals surface area (Å²) >= 11 is 4.81. The molecule has 0 unspecified atom stereocenters. The van der Waals surface area contributed by atoms with E-state index in [0.29, 0.717) is 0 Å². The number of halogens is 2. The first kappa shape index (κ1) is 38.5. The van der Waals surface area contributed by atoms with E-state index in [1.165, 1.54) is 18.3 Å². The summed E-state index contributed by atoms with van der Waals surface area (Å²) < 4.78 is 2.33. The molecule has 0 radical (unpaired) electrons. The lowest BCUT2D eigenvalue weighted by molar-refractivity contribution is 0.590. The van der Waals surface area contributed by atoms with Crippen LogP contribution in [0.4, 0.5) is 0 Å². The van der Waals surface area contributed by atoms with Crippen LogP contribution < -0.4 is 0 Å². The van der Waals surface area contributed by atoms with Gasteiger partial charge in [-0.25, -0.2) is 9.97 Å². The number of nitrogens with one attached hydrogen (secondary N) is 2. The highest BCUT2D eigenvalue weighted by Gasteiger charge is 2.21. The molecule has 0 spiro atoms. The van der Waals surface area contributed by atoms with Gasteiger partial charge in [-0.3, -0.25) is 0 Å². The zero-order chi connectivity index (χ0) is 40.3. The summed E-state index contributed by atoms with van der Waals surface area (Å²) in [5.41, 5.74) is 18.9. The maximum atomic E-state index is 5.49. The van der Waals surface area contributed by atoms with Crippen LogP contribution in [-0.4, -0.2) is 19.9 Å². The van der Waals surface area contributed by atoms with Crippen molar-refractivity contribution >= 4 is 91.6 Å². The van der Waals surface area contributed by atoms with Gasteiger partial charge in [0.1, 0.15) is 0 Å². The summed E-state index contributed by atoms with van der Waals surface area (Å²) in [5, 5.41) is 0. The van der Waals surface area contributed by atoms with E-state index < -0.39 is 0 Å². The molecule has 4 aromatic carbocycles. The lowest BCUT2D eigenvalue weighted by atomic mass is 9.86. The van der Waals surface area contributed by atoms with E-state index in [1.54, 1.807) is 0 Å². The number of aromatic amines is 2. The first-order valence-corrected chi connectivity index (χ1v) is 21.9. The molecule has 7 aromatic rings. The standard InChI is InChI=1S/C52H44I2N4/c1-51(2,3)35-17-13-31(14-18-35)47-39-21-25-43(55-39)49(33-9-7-11-37(53)29-33)45-27-23-41(57-45)48(32-15-19-36(20-16-32)52(4,5)6)42-24-28-46(58-42)50(44-26-22-40(47)56-44)34-10-8-12-38(54)30-34/h7-30,55,58H,1-6H3. The Labute approximate surface area is 367 Å². The van der Waals surface area contributed by atoms with Crippen LogP contribution in [0.25, 0.3) is 90.9 Å². The SMILES string of the molecule is CC(C)(C)c1ccc(-c2c3nc(c(-c4cccc(I)c4)c4ccc([nH]4)c(-c4ccc(C(C)(C)C)cc4)c4nc(c(-c5cccc(I)c5)c5ccc2[nH]5)C=C4)C=C3)cc1. The van der Waals surface area contributed by atoms with Crippen molar-refractivity contribution in [2.45, 2.75) is 52.4 Å². The number of benzene rings is 4. The molecular formula is C52H44I2N4. The lowest BCUT2D eigenvalue weighted by Gasteiger charge is -2.19. The van der Waals surface area contributed by atoms with E-state index >= 15 is 0 Å². The molecular weight excluding hydrogens is 934 g/mol. The molecule has 4 nitrogen and oxygen atoms in total. The van der Waals surface area contributed by atoms with Gasteiger partial charge in [0, 0.05) is 51.5 Å². The van der Waals surface area contributed by atoms with Crippen molar-refractivity contribution in [3.05, 3.63) is 162 Å². The molecule has 286 valence electrons. The van der Waals surface area contributed by atoms with Crippen molar-refractivity contribution < 1.29 is 0 Å². The van der Waals surface area contributed by atoms with Gasteiger partial charge in [-0.15, -0.1) is 0 Å². The van der Waals surface area contributed by atoms with Crippen LogP contribution in [0.1, 0.15) is 75.4 Å². The van der Waals surface area contributed by atoms with Gasteiger partial charge in [0.15, 0.2) is 0 Å². The predicted molar refractivity (Wildman–Crippen MR) is 263 cm³/mol. The Morgan fingerprint density at radius 3 is 0.983 bits per heavy atom. The van der Waals surface area contributed by atoms with Crippen LogP contribution in [0.3, 0.4) is 0 Å². The van der Waals surface area contributed by atoms with E-state index in [2.05, 4.69) is 242 Å².